The van der Waals surface area contributed by atoms with Crippen LogP contribution < -0.4 is 5.32 Å². The summed E-state index contributed by atoms with van der Waals surface area (Å²) < 4.78 is 14.1. The molecule has 2 nitrogen and oxygen atoms in total. The molecule has 0 spiro atoms. The lowest BCUT2D eigenvalue weighted by atomic mass is 10.1. The molecule has 0 aliphatic heterocycles. The zero-order valence-corrected chi connectivity index (χ0v) is 11.9. The van der Waals surface area contributed by atoms with Gasteiger partial charge in [-0.25, -0.2) is 4.39 Å². The fourth-order valence-electron chi connectivity index (χ4n) is 1.55. The van der Waals surface area contributed by atoms with Crippen molar-refractivity contribution in [1.82, 2.24) is 0 Å². The smallest absolute Gasteiger partial charge is 0.255 e. The van der Waals surface area contributed by atoms with Crippen molar-refractivity contribution in [2.45, 2.75) is 6.92 Å². The van der Waals surface area contributed by atoms with E-state index in [0.29, 0.717) is 11.3 Å². The van der Waals surface area contributed by atoms with E-state index in [1.165, 1.54) is 12.1 Å². The Labute approximate surface area is 118 Å². The van der Waals surface area contributed by atoms with Gasteiger partial charge in [0.1, 0.15) is 5.82 Å². The average molecular weight is 355 g/mol. The molecule has 1 amide bonds. The molecule has 0 atom stereocenters. The van der Waals surface area contributed by atoms with Crippen LogP contribution in [0.15, 0.2) is 42.5 Å². The van der Waals surface area contributed by atoms with Gasteiger partial charge >= 0.3 is 0 Å². The van der Waals surface area contributed by atoms with E-state index in [-0.39, 0.29) is 11.7 Å². The first-order valence-corrected chi connectivity index (χ1v) is 6.47. The fourth-order valence-corrected chi connectivity index (χ4v) is 2.10. The van der Waals surface area contributed by atoms with Gasteiger partial charge in [0.25, 0.3) is 5.91 Å². The zero-order chi connectivity index (χ0) is 13.1. The number of nitrogens with one attached hydrogen (secondary N) is 1. The van der Waals surface area contributed by atoms with E-state index in [2.05, 4.69) is 27.9 Å². The van der Waals surface area contributed by atoms with Crippen molar-refractivity contribution >= 4 is 34.2 Å². The second kappa shape index (κ2) is 5.48. The van der Waals surface area contributed by atoms with E-state index in [1.807, 2.05) is 19.1 Å². The van der Waals surface area contributed by atoms with Gasteiger partial charge in [-0.05, 0) is 65.4 Å². The number of halogens is 2. The van der Waals surface area contributed by atoms with Crippen molar-refractivity contribution in [3.05, 3.63) is 63.0 Å². The van der Waals surface area contributed by atoms with E-state index in [9.17, 15) is 9.18 Å². The maximum atomic E-state index is 13.1. The molecule has 0 aliphatic rings. The Kier molecular flexibility index (Phi) is 3.96. The van der Waals surface area contributed by atoms with Crippen molar-refractivity contribution in [3.63, 3.8) is 0 Å². The molecule has 0 aliphatic carbocycles. The summed E-state index contributed by atoms with van der Waals surface area (Å²) in [6.45, 7) is 1.82. The van der Waals surface area contributed by atoms with E-state index >= 15 is 0 Å². The minimum Gasteiger partial charge on any atom is -0.322 e. The summed E-state index contributed by atoms with van der Waals surface area (Å²) >= 11 is 2.14. The van der Waals surface area contributed by atoms with Crippen LogP contribution in [0.3, 0.4) is 0 Å². The molecule has 0 unspecified atom stereocenters. The number of benzene rings is 2. The van der Waals surface area contributed by atoms with Crippen LogP contribution in [0.2, 0.25) is 0 Å². The maximum Gasteiger partial charge on any atom is 0.255 e. The Morgan fingerprint density at radius 1 is 1.22 bits per heavy atom. The number of carbonyl (C=O) groups is 1. The molecule has 0 radical (unpaired) electrons. The molecule has 2 aromatic rings. The van der Waals surface area contributed by atoms with Gasteiger partial charge in [0, 0.05) is 14.8 Å². The van der Waals surface area contributed by atoms with E-state index in [0.717, 1.165) is 9.13 Å². The predicted molar refractivity (Wildman–Crippen MR) is 78.2 cm³/mol. The van der Waals surface area contributed by atoms with E-state index in [1.54, 1.807) is 18.2 Å². The van der Waals surface area contributed by atoms with Crippen LogP contribution in [0, 0.1) is 16.3 Å². The van der Waals surface area contributed by atoms with Crippen LogP contribution >= 0.6 is 22.6 Å². The Balaban J connectivity index is 2.24. The number of aryl methyl sites for hydroxylation is 1. The third kappa shape index (κ3) is 3.07. The maximum absolute atomic E-state index is 13.1. The van der Waals surface area contributed by atoms with Crippen LogP contribution in [0.1, 0.15) is 15.9 Å². The third-order valence-electron chi connectivity index (χ3n) is 2.53. The molecule has 0 heterocycles. The summed E-state index contributed by atoms with van der Waals surface area (Å²) in [5, 5.41) is 2.71. The molecular formula is C14H11FINO. The number of carbonyl (C=O) groups excluding carboxylic acids is 1. The first-order valence-electron chi connectivity index (χ1n) is 5.39. The average Bonchev–Trinajstić information content (AvgIpc) is 2.34. The number of hydrogen-bond donors (Lipinski definition) is 1. The lowest BCUT2D eigenvalue weighted by molar-refractivity contribution is 0.102. The van der Waals surface area contributed by atoms with Crippen LogP contribution in [-0.4, -0.2) is 5.91 Å². The summed E-state index contributed by atoms with van der Waals surface area (Å²) in [6, 6.07) is 11.6. The summed E-state index contributed by atoms with van der Waals surface area (Å²) in [4.78, 5) is 12.0. The zero-order valence-electron chi connectivity index (χ0n) is 9.71. The molecule has 2 aromatic carbocycles. The third-order valence-corrected chi connectivity index (χ3v) is 3.21. The molecule has 18 heavy (non-hydrogen) atoms. The summed E-state index contributed by atoms with van der Waals surface area (Å²) in [5.41, 5.74) is 1.89. The van der Waals surface area contributed by atoms with Crippen molar-refractivity contribution in [2.24, 2.45) is 0 Å². The van der Waals surface area contributed by atoms with Crippen LogP contribution in [0.25, 0.3) is 0 Å². The fraction of sp³-hybridized carbons (Fsp3) is 0.0714. The molecular weight excluding hydrogens is 344 g/mol. The SMILES string of the molecule is Cc1ccc(F)cc1NC(=O)c1cccc(I)c1. The Morgan fingerprint density at radius 3 is 2.72 bits per heavy atom. The molecule has 0 saturated carbocycles. The van der Waals surface area contributed by atoms with Crippen LogP contribution in [0.4, 0.5) is 10.1 Å². The first kappa shape index (κ1) is 13.0. The molecule has 0 saturated heterocycles. The predicted octanol–water partition coefficient (Wildman–Crippen LogP) is 3.99. The minimum atomic E-state index is -0.362. The topological polar surface area (TPSA) is 29.1 Å². The highest BCUT2D eigenvalue weighted by molar-refractivity contribution is 14.1. The lowest BCUT2D eigenvalue weighted by Gasteiger charge is -2.08. The van der Waals surface area contributed by atoms with Gasteiger partial charge in [0.2, 0.25) is 0 Å². The van der Waals surface area contributed by atoms with E-state index in [4.69, 9.17) is 0 Å². The standard InChI is InChI=1S/C14H11FINO/c1-9-5-6-11(15)8-13(9)17-14(18)10-3-2-4-12(16)7-10/h2-8H,1H3,(H,17,18). The molecule has 0 aromatic heterocycles. The van der Waals surface area contributed by atoms with Crippen molar-refractivity contribution < 1.29 is 9.18 Å². The lowest BCUT2D eigenvalue weighted by Crippen LogP contribution is -2.13. The first-order chi connectivity index (χ1) is 8.56. The quantitative estimate of drug-likeness (QED) is 0.811. The highest BCUT2D eigenvalue weighted by Crippen LogP contribution is 2.17. The van der Waals surface area contributed by atoms with Gasteiger partial charge in [0.15, 0.2) is 0 Å². The highest BCUT2D eigenvalue weighted by Gasteiger charge is 2.08. The molecule has 4 heteroatoms. The van der Waals surface area contributed by atoms with Gasteiger partial charge in [-0.2, -0.15) is 0 Å². The van der Waals surface area contributed by atoms with Gasteiger partial charge in [-0.3, -0.25) is 4.79 Å². The van der Waals surface area contributed by atoms with Crippen molar-refractivity contribution in [1.29, 1.82) is 0 Å². The number of amides is 1. The number of anilines is 1. The van der Waals surface area contributed by atoms with Gasteiger partial charge in [0.05, 0.1) is 0 Å². The highest BCUT2D eigenvalue weighted by atomic mass is 127. The number of hydrogen-bond acceptors (Lipinski definition) is 1. The minimum absolute atomic E-state index is 0.234. The van der Waals surface area contributed by atoms with Gasteiger partial charge in [-0.15, -0.1) is 0 Å². The van der Waals surface area contributed by atoms with Crippen molar-refractivity contribution in [2.75, 3.05) is 5.32 Å². The Hall–Kier alpha value is -1.43. The van der Waals surface area contributed by atoms with Crippen LogP contribution in [0.5, 0.6) is 0 Å². The molecule has 92 valence electrons. The molecule has 1 N–H and O–H groups in total. The monoisotopic (exact) mass is 355 g/mol. The van der Waals surface area contributed by atoms with Crippen LogP contribution in [-0.2, 0) is 0 Å². The Morgan fingerprint density at radius 2 is 2.00 bits per heavy atom. The Bertz CT molecular complexity index is 598. The van der Waals surface area contributed by atoms with E-state index < -0.39 is 0 Å². The molecule has 0 bridgehead atoms. The summed E-state index contributed by atoms with van der Waals surface area (Å²) in [5.74, 6) is -0.597. The molecule has 2 rings (SSSR count). The van der Waals surface area contributed by atoms with Crippen molar-refractivity contribution in [3.8, 4) is 0 Å². The second-order valence-electron chi connectivity index (χ2n) is 3.92. The summed E-state index contributed by atoms with van der Waals surface area (Å²) in [7, 11) is 0. The summed E-state index contributed by atoms with van der Waals surface area (Å²) in [6.07, 6.45) is 0. The van der Waals surface area contributed by atoms with Gasteiger partial charge < -0.3 is 5.32 Å². The largest absolute Gasteiger partial charge is 0.322 e. The normalized spacial score (nSPS) is 10.2. The number of rotatable bonds is 2. The van der Waals surface area contributed by atoms with Gasteiger partial charge in [-0.1, -0.05) is 12.1 Å². The second-order valence-corrected chi connectivity index (χ2v) is 5.17. The molecule has 0 fully saturated rings.